The van der Waals surface area contributed by atoms with Crippen molar-refractivity contribution in [1.82, 2.24) is 15.6 Å². The van der Waals surface area contributed by atoms with Crippen LogP contribution >= 0.6 is 23.1 Å². The van der Waals surface area contributed by atoms with Crippen molar-refractivity contribution < 1.29 is 23.9 Å². The van der Waals surface area contributed by atoms with Crippen LogP contribution in [0.15, 0.2) is 94.5 Å². The Balaban J connectivity index is 1.41. The molecule has 3 amide bonds. The Kier molecular flexibility index (Phi) is 8.42. The van der Waals surface area contributed by atoms with Crippen LogP contribution in [0.3, 0.4) is 0 Å². The van der Waals surface area contributed by atoms with Crippen molar-refractivity contribution in [2.24, 2.45) is 5.10 Å². The Morgan fingerprint density at radius 2 is 1.73 bits per heavy atom. The lowest BCUT2D eigenvalue weighted by Crippen LogP contribution is -2.70. The number of esters is 1. The van der Waals surface area contributed by atoms with E-state index >= 15 is 0 Å². The zero-order valence-electron chi connectivity index (χ0n) is 21.5. The highest BCUT2D eigenvalue weighted by Gasteiger charge is 2.54. The maximum Gasteiger partial charge on any atom is 0.356 e. The largest absolute Gasteiger partial charge is 0.448 e. The molecule has 1 aromatic heterocycles. The Morgan fingerprint density at radius 1 is 1.05 bits per heavy atom. The lowest BCUT2D eigenvalue weighted by atomic mass is 10.0. The minimum absolute atomic E-state index is 0.0449. The predicted molar refractivity (Wildman–Crippen MR) is 153 cm³/mol. The molecule has 2 aliphatic rings. The molecule has 40 heavy (non-hydrogen) atoms. The van der Waals surface area contributed by atoms with E-state index in [-0.39, 0.29) is 23.9 Å². The number of ether oxygens (including phenoxy) is 1. The van der Waals surface area contributed by atoms with Gasteiger partial charge >= 0.3 is 5.97 Å². The average Bonchev–Trinajstić information content (AvgIpc) is 3.48. The molecule has 3 aromatic rings. The van der Waals surface area contributed by atoms with Gasteiger partial charge in [-0.05, 0) is 22.6 Å². The predicted octanol–water partition coefficient (Wildman–Crippen LogP) is 3.40. The Hall–Kier alpha value is -4.22. The quantitative estimate of drug-likeness (QED) is 0.175. The number of hydrazone groups is 1. The topological polar surface area (TPSA) is 117 Å². The van der Waals surface area contributed by atoms with Crippen molar-refractivity contribution in [3.8, 4) is 0 Å². The van der Waals surface area contributed by atoms with Crippen LogP contribution in [0.4, 0.5) is 0 Å². The Bertz CT molecular complexity index is 1420. The molecule has 0 bridgehead atoms. The molecular weight excluding hydrogens is 548 g/mol. The number of carbonyl (C=O) groups is 4. The average molecular weight is 575 g/mol. The highest BCUT2D eigenvalue weighted by Crippen LogP contribution is 2.41. The zero-order valence-corrected chi connectivity index (χ0v) is 23.1. The summed E-state index contributed by atoms with van der Waals surface area (Å²) in [6, 6.07) is 21.6. The number of hydrogen-bond acceptors (Lipinski definition) is 8. The third kappa shape index (κ3) is 6.00. The third-order valence-corrected chi connectivity index (χ3v) is 8.47. The van der Waals surface area contributed by atoms with Crippen LogP contribution in [0.2, 0.25) is 0 Å². The first kappa shape index (κ1) is 27.4. The summed E-state index contributed by atoms with van der Waals surface area (Å²) in [5.74, 6) is -1.43. The fourth-order valence-corrected chi connectivity index (χ4v) is 6.48. The van der Waals surface area contributed by atoms with E-state index in [1.54, 1.807) is 0 Å². The molecule has 0 radical (unpaired) electrons. The van der Waals surface area contributed by atoms with Crippen molar-refractivity contribution in [1.29, 1.82) is 0 Å². The van der Waals surface area contributed by atoms with Crippen LogP contribution in [0.5, 0.6) is 0 Å². The van der Waals surface area contributed by atoms with Gasteiger partial charge in [-0.3, -0.25) is 19.3 Å². The molecule has 0 spiro atoms. The first-order chi connectivity index (χ1) is 19.4. The molecule has 1 saturated heterocycles. The minimum Gasteiger partial charge on any atom is -0.448 e. The molecule has 3 heterocycles. The van der Waals surface area contributed by atoms with Gasteiger partial charge in [0.15, 0.2) is 6.10 Å². The zero-order chi connectivity index (χ0) is 28.1. The van der Waals surface area contributed by atoms with Gasteiger partial charge < -0.3 is 10.1 Å². The van der Waals surface area contributed by atoms with Crippen LogP contribution in [0, 0.1) is 0 Å². The number of fused-ring (bicyclic) bond motifs is 1. The smallest absolute Gasteiger partial charge is 0.356 e. The van der Waals surface area contributed by atoms with Gasteiger partial charge in [-0.1, -0.05) is 66.7 Å². The van der Waals surface area contributed by atoms with E-state index in [0.29, 0.717) is 11.3 Å². The van der Waals surface area contributed by atoms with E-state index in [9.17, 15) is 19.2 Å². The Labute approximate surface area is 239 Å². The monoisotopic (exact) mass is 574 g/mol. The van der Waals surface area contributed by atoms with Gasteiger partial charge in [0, 0.05) is 23.1 Å². The second-order valence-corrected chi connectivity index (χ2v) is 11.3. The molecule has 0 aliphatic carbocycles. The summed E-state index contributed by atoms with van der Waals surface area (Å²) in [4.78, 5) is 53.4. The minimum atomic E-state index is -0.770. The van der Waals surface area contributed by atoms with Crippen LogP contribution in [-0.2, 0) is 30.3 Å². The van der Waals surface area contributed by atoms with E-state index in [4.69, 9.17) is 4.74 Å². The molecule has 204 valence electrons. The first-order valence-corrected chi connectivity index (χ1v) is 14.5. The van der Waals surface area contributed by atoms with Crippen molar-refractivity contribution in [3.63, 3.8) is 0 Å². The number of rotatable bonds is 9. The molecule has 5 rings (SSSR count). The highest BCUT2D eigenvalue weighted by molar-refractivity contribution is 8.00. The maximum atomic E-state index is 13.8. The fraction of sp³-hybridized carbons (Fsp3) is 0.207. The molecule has 2 N–H and O–H groups in total. The van der Waals surface area contributed by atoms with Gasteiger partial charge in [0.2, 0.25) is 11.8 Å². The summed E-state index contributed by atoms with van der Waals surface area (Å²) >= 11 is 2.87. The van der Waals surface area contributed by atoms with Crippen LogP contribution < -0.4 is 10.7 Å². The van der Waals surface area contributed by atoms with E-state index in [0.717, 1.165) is 16.0 Å². The lowest BCUT2D eigenvalue weighted by molar-refractivity contribution is -0.154. The van der Waals surface area contributed by atoms with E-state index < -0.39 is 29.4 Å². The number of hydrogen-bond donors (Lipinski definition) is 2. The van der Waals surface area contributed by atoms with Gasteiger partial charge in [0.25, 0.3) is 5.91 Å². The molecule has 2 aliphatic heterocycles. The third-order valence-electron chi connectivity index (χ3n) is 6.29. The number of amides is 3. The molecule has 1 unspecified atom stereocenters. The maximum absolute atomic E-state index is 13.8. The molecule has 2 aromatic carbocycles. The number of thioether (sulfide) groups is 1. The fourth-order valence-electron chi connectivity index (χ4n) is 4.48. The second-order valence-electron chi connectivity index (χ2n) is 9.12. The van der Waals surface area contributed by atoms with Crippen molar-refractivity contribution in [2.45, 2.75) is 30.9 Å². The van der Waals surface area contributed by atoms with Crippen LogP contribution in [-0.4, -0.2) is 52.0 Å². The molecule has 0 saturated carbocycles. The molecular formula is C29H26N4O5S2. The normalized spacial score (nSPS) is 18.4. The summed E-state index contributed by atoms with van der Waals surface area (Å²) in [6.07, 6.45) is 0.812. The van der Waals surface area contributed by atoms with Crippen LogP contribution in [0.1, 0.15) is 29.0 Å². The van der Waals surface area contributed by atoms with Gasteiger partial charge in [-0.2, -0.15) is 5.10 Å². The Morgan fingerprint density at radius 3 is 2.33 bits per heavy atom. The number of thiophene rings is 1. The summed E-state index contributed by atoms with van der Waals surface area (Å²) in [5.41, 5.74) is 4.34. The van der Waals surface area contributed by atoms with Gasteiger partial charge in [-0.15, -0.1) is 23.1 Å². The van der Waals surface area contributed by atoms with Gasteiger partial charge in [0.1, 0.15) is 17.1 Å². The van der Waals surface area contributed by atoms with Gasteiger partial charge in [0.05, 0.1) is 12.6 Å². The van der Waals surface area contributed by atoms with Crippen molar-refractivity contribution >= 4 is 53.0 Å². The number of nitrogens with zero attached hydrogens (tertiary/aromatic N) is 2. The highest BCUT2D eigenvalue weighted by atomic mass is 32.2. The van der Waals surface area contributed by atoms with Crippen molar-refractivity contribution in [2.75, 3.05) is 5.75 Å². The number of nitrogens with one attached hydrogen (secondary N) is 2. The lowest BCUT2D eigenvalue weighted by Gasteiger charge is -2.49. The molecule has 2 atom stereocenters. The number of benzene rings is 2. The van der Waals surface area contributed by atoms with E-state index in [1.807, 2.05) is 78.2 Å². The summed E-state index contributed by atoms with van der Waals surface area (Å²) in [6.45, 7) is 1.32. The SMILES string of the molecule is CC(=O)NN=CC1=C(C(=O)OC(c2ccccc2)c2ccccc2)N2C(=O)C(NC(=O)Cc3cccs3)[C@@H]2SC1. The molecule has 9 nitrogen and oxygen atoms in total. The summed E-state index contributed by atoms with van der Waals surface area (Å²) in [5, 5.41) is 8.16. The van der Waals surface area contributed by atoms with Gasteiger partial charge in [-0.25, -0.2) is 10.2 Å². The first-order valence-electron chi connectivity index (χ1n) is 12.5. The van der Waals surface area contributed by atoms with Crippen molar-refractivity contribution in [3.05, 3.63) is 105 Å². The second kappa shape index (κ2) is 12.3. The number of carbonyl (C=O) groups excluding carboxylic acids is 4. The number of β-lactam (4-membered cyclic amide) rings is 1. The van der Waals surface area contributed by atoms with Crippen LogP contribution in [0.25, 0.3) is 0 Å². The molecule has 11 heteroatoms. The standard InChI is InChI=1S/C29H26N4O5S2/c1-18(34)32-30-16-21-17-40-28-24(31-23(35)15-22-13-8-14-39-22)27(36)33(28)25(21)29(37)38-26(19-9-4-2-5-10-19)20-11-6-3-7-12-20/h2-14,16,24,26,28H,15,17H2,1H3,(H,31,35)(H,32,34)/t24?,28-/m0/s1. The molecule has 1 fully saturated rings. The van der Waals surface area contributed by atoms with E-state index in [1.165, 1.54) is 41.1 Å². The summed E-state index contributed by atoms with van der Waals surface area (Å²) < 4.78 is 6.07. The van der Waals surface area contributed by atoms with E-state index in [2.05, 4.69) is 15.8 Å². The summed E-state index contributed by atoms with van der Waals surface area (Å²) in [7, 11) is 0.